The van der Waals surface area contributed by atoms with Gasteiger partial charge in [-0.1, -0.05) is 48.9 Å². The number of carbonyl (C=O) groups excluding carboxylic acids is 2. The van der Waals surface area contributed by atoms with E-state index in [1.54, 1.807) is 6.92 Å². The molecule has 0 saturated carbocycles. The highest BCUT2D eigenvalue weighted by molar-refractivity contribution is 5.84. The molecule has 3 aromatic rings. The molecule has 0 radical (unpaired) electrons. The predicted molar refractivity (Wildman–Crippen MR) is 108 cm³/mol. The highest BCUT2D eigenvalue weighted by Crippen LogP contribution is 2.16. The first-order valence-corrected chi connectivity index (χ1v) is 9.44. The Labute approximate surface area is 164 Å². The van der Waals surface area contributed by atoms with E-state index in [-0.39, 0.29) is 12.5 Å². The van der Waals surface area contributed by atoms with E-state index in [1.807, 2.05) is 66.9 Å². The number of aromatic nitrogens is 2. The van der Waals surface area contributed by atoms with Crippen molar-refractivity contribution in [3.05, 3.63) is 65.5 Å². The molecule has 28 heavy (non-hydrogen) atoms. The van der Waals surface area contributed by atoms with Gasteiger partial charge in [0.25, 0.3) is 5.91 Å². The Hall–Kier alpha value is -3.15. The van der Waals surface area contributed by atoms with E-state index in [0.717, 1.165) is 28.0 Å². The van der Waals surface area contributed by atoms with Crippen LogP contribution in [0.25, 0.3) is 11.0 Å². The van der Waals surface area contributed by atoms with Crippen LogP contribution < -0.4 is 5.32 Å². The van der Waals surface area contributed by atoms with Crippen molar-refractivity contribution in [3.8, 4) is 0 Å². The molecule has 0 aliphatic heterocycles. The first kappa shape index (κ1) is 19.6. The van der Waals surface area contributed by atoms with E-state index in [9.17, 15) is 9.59 Å². The van der Waals surface area contributed by atoms with Crippen molar-refractivity contribution in [3.63, 3.8) is 0 Å². The van der Waals surface area contributed by atoms with Crippen molar-refractivity contribution in [2.45, 2.75) is 46.4 Å². The molecule has 1 heterocycles. The highest BCUT2D eigenvalue weighted by atomic mass is 16.5. The molecular formula is C22H25N3O3. The number of para-hydroxylation sites is 2. The van der Waals surface area contributed by atoms with Gasteiger partial charge in [0.15, 0.2) is 6.10 Å². The van der Waals surface area contributed by atoms with Crippen LogP contribution in [-0.2, 0) is 33.8 Å². The summed E-state index contributed by atoms with van der Waals surface area (Å²) in [5, 5.41) is 2.80. The SMILES string of the molecule is CCc1nc2ccccc2n1CC(=O)OC(C)C(=O)NCc1ccc(C)cc1. The summed E-state index contributed by atoms with van der Waals surface area (Å²) in [6, 6.07) is 15.6. The lowest BCUT2D eigenvalue weighted by atomic mass is 10.1. The molecule has 1 amide bonds. The first-order chi connectivity index (χ1) is 13.5. The molecular weight excluding hydrogens is 354 g/mol. The van der Waals surface area contributed by atoms with Gasteiger partial charge in [0, 0.05) is 13.0 Å². The third kappa shape index (κ3) is 4.57. The van der Waals surface area contributed by atoms with Gasteiger partial charge in [0.05, 0.1) is 11.0 Å². The van der Waals surface area contributed by atoms with Crippen molar-refractivity contribution in [2.24, 2.45) is 0 Å². The second kappa shape index (κ2) is 8.69. The minimum absolute atomic E-state index is 0.0271. The fourth-order valence-corrected chi connectivity index (χ4v) is 3.03. The predicted octanol–water partition coefficient (Wildman–Crippen LogP) is 3.16. The number of nitrogens with zero attached hydrogens (tertiary/aromatic N) is 2. The fourth-order valence-electron chi connectivity index (χ4n) is 3.03. The Morgan fingerprint density at radius 2 is 1.86 bits per heavy atom. The number of ether oxygens (including phenoxy) is 1. The molecule has 3 rings (SSSR count). The molecule has 1 aromatic heterocycles. The number of rotatable bonds is 7. The van der Waals surface area contributed by atoms with Crippen LogP contribution in [0.15, 0.2) is 48.5 Å². The number of aryl methyl sites for hydroxylation is 2. The normalized spacial score (nSPS) is 12.0. The summed E-state index contributed by atoms with van der Waals surface area (Å²) in [4.78, 5) is 29.2. The Morgan fingerprint density at radius 1 is 1.14 bits per heavy atom. The fraction of sp³-hybridized carbons (Fsp3) is 0.318. The second-order valence-electron chi connectivity index (χ2n) is 6.79. The molecule has 1 atom stereocenters. The zero-order valence-electron chi connectivity index (χ0n) is 16.4. The van der Waals surface area contributed by atoms with Crippen LogP contribution >= 0.6 is 0 Å². The van der Waals surface area contributed by atoms with Gasteiger partial charge in [-0.2, -0.15) is 0 Å². The Kier molecular flexibility index (Phi) is 6.09. The summed E-state index contributed by atoms with van der Waals surface area (Å²) in [5.74, 6) is 0.0330. The van der Waals surface area contributed by atoms with Gasteiger partial charge in [0.1, 0.15) is 12.4 Å². The molecule has 6 nitrogen and oxygen atoms in total. The summed E-state index contributed by atoms with van der Waals surface area (Å²) in [5.41, 5.74) is 3.88. The van der Waals surface area contributed by atoms with Crippen molar-refractivity contribution >= 4 is 22.9 Å². The van der Waals surface area contributed by atoms with Crippen LogP contribution in [0.1, 0.15) is 30.8 Å². The Balaban J connectivity index is 1.58. The highest BCUT2D eigenvalue weighted by Gasteiger charge is 2.19. The van der Waals surface area contributed by atoms with Crippen LogP contribution in [-0.4, -0.2) is 27.5 Å². The van der Waals surface area contributed by atoms with Gasteiger partial charge in [-0.05, 0) is 31.5 Å². The summed E-state index contributed by atoms with van der Waals surface area (Å²) in [6.45, 7) is 6.00. The Morgan fingerprint density at radius 3 is 2.57 bits per heavy atom. The van der Waals surface area contributed by atoms with Crippen LogP contribution in [0.3, 0.4) is 0 Å². The molecule has 0 aliphatic rings. The van der Waals surface area contributed by atoms with Gasteiger partial charge in [-0.25, -0.2) is 4.98 Å². The average molecular weight is 379 g/mol. The van der Waals surface area contributed by atoms with Crippen molar-refractivity contribution in [2.75, 3.05) is 0 Å². The van der Waals surface area contributed by atoms with Gasteiger partial charge in [-0.3, -0.25) is 9.59 Å². The minimum Gasteiger partial charge on any atom is -0.451 e. The number of hydrogen-bond acceptors (Lipinski definition) is 4. The summed E-state index contributed by atoms with van der Waals surface area (Å²) in [7, 11) is 0. The van der Waals surface area contributed by atoms with Gasteiger partial charge >= 0.3 is 5.97 Å². The van der Waals surface area contributed by atoms with Crippen molar-refractivity contribution in [1.29, 1.82) is 0 Å². The van der Waals surface area contributed by atoms with Gasteiger partial charge in [0.2, 0.25) is 0 Å². The lowest BCUT2D eigenvalue weighted by Gasteiger charge is -2.15. The molecule has 6 heteroatoms. The number of amides is 1. The molecule has 0 spiro atoms. The largest absolute Gasteiger partial charge is 0.451 e. The molecule has 1 N–H and O–H groups in total. The number of carbonyl (C=O) groups is 2. The summed E-state index contributed by atoms with van der Waals surface area (Å²) < 4.78 is 7.18. The lowest BCUT2D eigenvalue weighted by Crippen LogP contribution is -2.36. The smallest absolute Gasteiger partial charge is 0.326 e. The van der Waals surface area contributed by atoms with E-state index in [4.69, 9.17) is 4.74 Å². The first-order valence-electron chi connectivity index (χ1n) is 9.44. The van der Waals surface area contributed by atoms with E-state index in [2.05, 4.69) is 10.3 Å². The number of hydrogen-bond donors (Lipinski definition) is 1. The topological polar surface area (TPSA) is 73.2 Å². The molecule has 2 aromatic carbocycles. The molecule has 0 aliphatic carbocycles. The maximum atomic E-state index is 12.4. The quantitative estimate of drug-likeness (QED) is 0.640. The lowest BCUT2D eigenvalue weighted by molar-refractivity contribution is -0.155. The molecule has 0 fully saturated rings. The summed E-state index contributed by atoms with van der Waals surface area (Å²) >= 11 is 0. The molecule has 0 bridgehead atoms. The van der Waals surface area contributed by atoms with E-state index in [0.29, 0.717) is 13.0 Å². The zero-order chi connectivity index (χ0) is 20.1. The number of fused-ring (bicyclic) bond motifs is 1. The van der Waals surface area contributed by atoms with Crippen LogP contribution in [0.5, 0.6) is 0 Å². The molecule has 146 valence electrons. The number of esters is 1. The van der Waals surface area contributed by atoms with E-state index < -0.39 is 12.1 Å². The van der Waals surface area contributed by atoms with Crippen molar-refractivity contribution < 1.29 is 14.3 Å². The van der Waals surface area contributed by atoms with Crippen LogP contribution in [0, 0.1) is 6.92 Å². The second-order valence-corrected chi connectivity index (χ2v) is 6.79. The minimum atomic E-state index is -0.863. The standard InChI is InChI=1S/C22H25N3O3/c1-4-20-24-18-7-5-6-8-19(18)25(20)14-21(26)28-16(3)22(27)23-13-17-11-9-15(2)10-12-17/h5-12,16H,4,13-14H2,1-3H3,(H,23,27). The maximum Gasteiger partial charge on any atom is 0.326 e. The van der Waals surface area contributed by atoms with E-state index >= 15 is 0 Å². The molecule has 0 saturated heterocycles. The van der Waals surface area contributed by atoms with Crippen molar-refractivity contribution in [1.82, 2.24) is 14.9 Å². The zero-order valence-corrected chi connectivity index (χ0v) is 16.4. The third-order valence-corrected chi connectivity index (χ3v) is 4.60. The maximum absolute atomic E-state index is 12.4. The summed E-state index contributed by atoms with van der Waals surface area (Å²) in [6.07, 6.45) is -0.160. The monoisotopic (exact) mass is 379 g/mol. The van der Waals surface area contributed by atoms with Crippen LogP contribution in [0.4, 0.5) is 0 Å². The number of nitrogens with one attached hydrogen (secondary N) is 1. The van der Waals surface area contributed by atoms with E-state index in [1.165, 1.54) is 0 Å². The average Bonchev–Trinajstić information content (AvgIpc) is 3.04. The van der Waals surface area contributed by atoms with Crippen LogP contribution in [0.2, 0.25) is 0 Å². The number of imidazole rings is 1. The van der Waals surface area contributed by atoms with Gasteiger partial charge in [-0.15, -0.1) is 0 Å². The van der Waals surface area contributed by atoms with Gasteiger partial charge < -0.3 is 14.6 Å². The molecule has 1 unspecified atom stereocenters. The number of benzene rings is 2. The third-order valence-electron chi connectivity index (χ3n) is 4.60. The Bertz CT molecular complexity index is 976.